The second-order valence-electron chi connectivity index (χ2n) is 6.44. The van der Waals surface area contributed by atoms with Crippen LogP contribution in [0.1, 0.15) is 29.6 Å². The van der Waals surface area contributed by atoms with Gasteiger partial charge < -0.3 is 20.1 Å². The minimum atomic E-state index is -3.07. The van der Waals surface area contributed by atoms with E-state index in [1.54, 1.807) is 0 Å². The molecule has 8 heteroatoms. The molecule has 1 aromatic carbocycles. The highest BCUT2D eigenvalue weighted by Gasteiger charge is 2.57. The zero-order valence-electron chi connectivity index (χ0n) is 13.8. The highest BCUT2D eigenvalue weighted by molar-refractivity contribution is 5.97. The standard InChI is InChI=1S/C17H20F2N2O4/c1-24-15(23)10-2-3-12(13(8-10)25-16(18)19)21-14(22)11-9-17(11)4-6-20-7-5-17/h2-3,8,11,16,20H,4-7,9H2,1H3,(H,21,22). The number of ether oxygens (including phenoxy) is 2. The number of methoxy groups -OCH3 is 1. The van der Waals surface area contributed by atoms with Gasteiger partial charge >= 0.3 is 12.6 Å². The minimum absolute atomic E-state index is 0.0328. The van der Waals surface area contributed by atoms with Gasteiger partial charge in [-0.25, -0.2) is 4.79 Å². The Kier molecular flexibility index (Phi) is 4.89. The maximum Gasteiger partial charge on any atom is 0.387 e. The number of benzene rings is 1. The van der Waals surface area contributed by atoms with Gasteiger partial charge in [-0.3, -0.25) is 4.79 Å². The van der Waals surface area contributed by atoms with Crippen LogP contribution < -0.4 is 15.4 Å². The summed E-state index contributed by atoms with van der Waals surface area (Å²) in [5.41, 5.74) is 0.219. The van der Waals surface area contributed by atoms with Crippen LogP contribution in [0.25, 0.3) is 0 Å². The molecule has 1 atom stereocenters. The molecule has 3 rings (SSSR count). The van der Waals surface area contributed by atoms with Gasteiger partial charge in [0, 0.05) is 5.92 Å². The number of carbonyl (C=O) groups is 2. The first-order chi connectivity index (χ1) is 11.9. The summed E-state index contributed by atoms with van der Waals surface area (Å²) in [5, 5.41) is 5.93. The maximum absolute atomic E-state index is 12.7. The van der Waals surface area contributed by atoms with Crippen LogP contribution in [0, 0.1) is 11.3 Å². The molecule has 1 aliphatic heterocycles. The first-order valence-electron chi connectivity index (χ1n) is 8.14. The van der Waals surface area contributed by atoms with Crippen LogP contribution in [-0.2, 0) is 9.53 Å². The lowest BCUT2D eigenvalue weighted by Gasteiger charge is -2.23. The van der Waals surface area contributed by atoms with Crippen LogP contribution in [0.5, 0.6) is 5.75 Å². The number of piperidine rings is 1. The number of carbonyl (C=O) groups excluding carboxylic acids is 2. The molecule has 0 aromatic heterocycles. The highest BCUT2D eigenvalue weighted by Crippen LogP contribution is 2.58. The van der Waals surface area contributed by atoms with Crippen LogP contribution in [0.2, 0.25) is 0 Å². The molecule has 2 fully saturated rings. The van der Waals surface area contributed by atoms with Crippen molar-refractivity contribution in [2.24, 2.45) is 11.3 Å². The first kappa shape index (κ1) is 17.6. The van der Waals surface area contributed by atoms with Crippen molar-refractivity contribution >= 4 is 17.6 Å². The normalized spacial score (nSPS) is 21.0. The molecule has 2 aliphatic rings. The summed E-state index contributed by atoms with van der Waals surface area (Å²) in [4.78, 5) is 24.0. The Bertz CT molecular complexity index is 675. The van der Waals surface area contributed by atoms with Crippen molar-refractivity contribution in [2.45, 2.75) is 25.9 Å². The van der Waals surface area contributed by atoms with E-state index in [1.165, 1.54) is 19.2 Å². The SMILES string of the molecule is COC(=O)c1ccc(NC(=O)C2CC23CCNCC3)c(OC(F)F)c1. The van der Waals surface area contributed by atoms with Crippen molar-refractivity contribution < 1.29 is 27.8 Å². The van der Waals surface area contributed by atoms with E-state index in [9.17, 15) is 18.4 Å². The van der Waals surface area contributed by atoms with E-state index in [0.717, 1.165) is 38.4 Å². The Balaban J connectivity index is 1.74. The first-order valence-corrected chi connectivity index (χ1v) is 8.14. The predicted molar refractivity (Wildman–Crippen MR) is 85.7 cm³/mol. The number of rotatable bonds is 5. The van der Waals surface area contributed by atoms with Crippen molar-refractivity contribution in [2.75, 3.05) is 25.5 Å². The summed E-state index contributed by atoms with van der Waals surface area (Å²) in [6.45, 7) is -1.30. The van der Waals surface area contributed by atoms with E-state index < -0.39 is 12.6 Å². The fraction of sp³-hybridized carbons (Fsp3) is 0.529. The monoisotopic (exact) mass is 354 g/mol. The molecule has 2 N–H and O–H groups in total. The number of halogens is 2. The van der Waals surface area contributed by atoms with Gasteiger partial charge in [0.15, 0.2) is 0 Å². The van der Waals surface area contributed by atoms with Crippen LogP contribution in [0.4, 0.5) is 14.5 Å². The summed E-state index contributed by atoms with van der Waals surface area (Å²) < 4.78 is 34.3. The van der Waals surface area contributed by atoms with E-state index in [4.69, 9.17) is 0 Å². The molecule has 1 saturated carbocycles. The van der Waals surface area contributed by atoms with Crippen molar-refractivity contribution in [3.05, 3.63) is 23.8 Å². The third kappa shape index (κ3) is 3.73. The van der Waals surface area contributed by atoms with Gasteiger partial charge in [-0.1, -0.05) is 0 Å². The summed E-state index contributed by atoms with van der Waals surface area (Å²) in [7, 11) is 1.19. The van der Waals surface area contributed by atoms with Crippen molar-refractivity contribution in [1.29, 1.82) is 0 Å². The zero-order chi connectivity index (χ0) is 18.0. The molecule has 1 unspecified atom stereocenters. The third-order valence-corrected chi connectivity index (χ3v) is 4.98. The van der Waals surface area contributed by atoms with E-state index in [0.29, 0.717) is 0 Å². The molecule has 0 radical (unpaired) electrons. The summed E-state index contributed by atoms with van der Waals surface area (Å²) >= 11 is 0. The molecule has 1 amide bonds. The van der Waals surface area contributed by atoms with Crippen LogP contribution in [0.15, 0.2) is 18.2 Å². The molecule has 1 aliphatic carbocycles. The fourth-order valence-electron chi connectivity index (χ4n) is 3.48. The number of esters is 1. The molecule has 1 spiro atoms. The number of nitrogens with one attached hydrogen (secondary N) is 2. The van der Waals surface area contributed by atoms with E-state index in [2.05, 4.69) is 20.1 Å². The Morgan fingerprint density at radius 3 is 2.68 bits per heavy atom. The number of hydrogen-bond donors (Lipinski definition) is 2. The average Bonchev–Trinajstić information content (AvgIpc) is 3.29. The Morgan fingerprint density at radius 1 is 1.32 bits per heavy atom. The Hall–Kier alpha value is -2.22. The van der Waals surface area contributed by atoms with Crippen LogP contribution >= 0.6 is 0 Å². The largest absolute Gasteiger partial charge is 0.465 e. The summed E-state index contributed by atoms with van der Waals surface area (Å²) in [5.74, 6) is -1.25. The molecule has 1 heterocycles. The summed E-state index contributed by atoms with van der Waals surface area (Å²) in [6.07, 6.45) is 2.69. The lowest BCUT2D eigenvalue weighted by Crippen LogP contribution is -2.31. The number of amides is 1. The quantitative estimate of drug-likeness (QED) is 0.794. The van der Waals surface area contributed by atoms with Gasteiger partial charge in [0.1, 0.15) is 5.75 Å². The van der Waals surface area contributed by atoms with Crippen LogP contribution in [0.3, 0.4) is 0 Å². The second-order valence-corrected chi connectivity index (χ2v) is 6.44. The van der Waals surface area contributed by atoms with Crippen molar-refractivity contribution in [3.8, 4) is 5.75 Å². The smallest absolute Gasteiger partial charge is 0.387 e. The van der Waals surface area contributed by atoms with Gasteiger partial charge in [-0.05, 0) is 56.0 Å². The molecule has 0 bridgehead atoms. The molecule has 136 valence electrons. The van der Waals surface area contributed by atoms with Gasteiger partial charge in [0.25, 0.3) is 0 Å². The second kappa shape index (κ2) is 6.95. The molecular weight excluding hydrogens is 334 g/mol. The topological polar surface area (TPSA) is 76.7 Å². The number of anilines is 1. The lowest BCUT2D eigenvalue weighted by atomic mass is 9.92. The summed E-state index contributed by atoms with van der Waals surface area (Å²) in [6, 6.07) is 3.91. The predicted octanol–water partition coefficient (Wildman–Crippen LogP) is 2.40. The van der Waals surface area contributed by atoms with E-state index >= 15 is 0 Å². The van der Waals surface area contributed by atoms with E-state index in [-0.39, 0.29) is 34.2 Å². The van der Waals surface area contributed by atoms with Crippen LogP contribution in [-0.4, -0.2) is 38.7 Å². The van der Waals surface area contributed by atoms with Gasteiger partial charge in [0.2, 0.25) is 5.91 Å². The fourth-order valence-corrected chi connectivity index (χ4v) is 3.48. The van der Waals surface area contributed by atoms with Gasteiger partial charge in [-0.2, -0.15) is 8.78 Å². The number of hydrogen-bond acceptors (Lipinski definition) is 5. The zero-order valence-corrected chi connectivity index (χ0v) is 13.8. The molecule has 1 aromatic rings. The van der Waals surface area contributed by atoms with Crippen molar-refractivity contribution in [3.63, 3.8) is 0 Å². The third-order valence-electron chi connectivity index (χ3n) is 4.98. The van der Waals surface area contributed by atoms with E-state index in [1.807, 2.05) is 0 Å². The van der Waals surface area contributed by atoms with Gasteiger partial charge in [-0.15, -0.1) is 0 Å². The minimum Gasteiger partial charge on any atom is -0.465 e. The lowest BCUT2D eigenvalue weighted by molar-refractivity contribution is -0.118. The number of alkyl halides is 2. The molecule has 25 heavy (non-hydrogen) atoms. The Labute approximate surface area is 143 Å². The van der Waals surface area contributed by atoms with Gasteiger partial charge in [0.05, 0.1) is 18.4 Å². The highest BCUT2D eigenvalue weighted by atomic mass is 19.3. The molecule has 1 saturated heterocycles. The molecular formula is C17H20F2N2O4. The Morgan fingerprint density at radius 2 is 2.04 bits per heavy atom. The maximum atomic E-state index is 12.7. The average molecular weight is 354 g/mol. The molecule has 6 nitrogen and oxygen atoms in total. The van der Waals surface area contributed by atoms with Crippen molar-refractivity contribution in [1.82, 2.24) is 5.32 Å².